The minimum absolute atomic E-state index is 0.310. The summed E-state index contributed by atoms with van der Waals surface area (Å²) >= 11 is 0. The van der Waals surface area contributed by atoms with E-state index in [1.54, 1.807) is 0 Å². The van der Waals surface area contributed by atoms with Gasteiger partial charge in [-0.1, -0.05) is 13.3 Å². The van der Waals surface area contributed by atoms with Crippen molar-refractivity contribution >= 4 is 8.32 Å². The maximum Gasteiger partial charge on any atom is 0.184 e. The highest BCUT2D eigenvalue weighted by atomic mass is 28.4. The lowest BCUT2D eigenvalue weighted by atomic mass is 9.88. The summed E-state index contributed by atoms with van der Waals surface area (Å²) in [5.41, 5.74) is 0.310. The van der Waals surface area contributed by atoms with E-state index in [2.05, 4.69) is 26.6 Å². The number of hydrogen-bond donors (Lipinski definition) is 0. The van der Waals surface area contributed by atoms with Crippen molar-refractivity contribution in [1.29, 1.82) is 0 Å². The summed E-state index contributed by atoms with van der Waals surface area (Å²) in [5, 5.41) is 0. The minimum atomic E-state index is -1.36. The second-order valence-corrected chi connectivity index (χ2v) is 10.7. The van der Waals surface area contributed by atoms with E-state index >= 15 is 0 Å². The first-order valence-electron chi connectivity index (χ1n) is 6.14. The van der Waals surface area contributed by atoms with Gasteiger partial charge in [0.15, 0.2) is 8.32 Å². The van der Waals surface area contributed by atoms with Crippen molar-refractivity contribution in [2.45, 2.75) is 64.3 Å². The molecule has 0 heterocycles. The van der Waals surface area contributed by atoms with Crippen LogP contribution in [-0.4, -0.2) is 13.9 Å². The van der Waals surface area contributed by atoms with E-state index in [-0.39, 0.29) is 0 Å². The predicted molar refractivity (Wildman–Crippen MR) is 62.9 cm³/mol. The molecule has 0 radical (unpaired) electrons. The smallest absolute Gasteiger partial charge is 0.184 e. The molecule has 2 rings (SSSR count). The molecule has 0 spiro atoms. The summed E-state index contributed by atoms with van der Waals surface area (Å²) in [6.07, 6.45) is 6.98. The molecule has 1 nitrogen and oxygen atoms in total. The normalized spacial score (nSPS) is 42.9. The second-order valence-electron chi connectivity index (χ2n) is 6.24. The molecule has 0 bridgehead atoms. The Labute approximate surface area is 89.4 Å². The molecule has 0 N–H and O–H groups in total. The highest BCUT2D eigenvalue weighted by molar-refractivity contribution is 6.69. The van der Waals surface area contributed by atoms with Crippen LogP contribution in [0.5, 0.6) is 0 Å². The van der Waals surface area contributed by atoms with Gasteiger partial charge >= 0.3 is 0 Å². The van der Waals surface area contributed by atoms with Gasteiger partial charge in [-0.05, 0) is 57.2 Å². The lowest BCUT2D eigenvalue weighted by Crippen LogP contribution is -2.46. The molecule has 0 unspecified atom stereocenters. The van der Waals surface area contributed by atoms with Crippen LogP contribution in [0.4, 0.5) is 0 Å². The van der Waals surface area contributed by atoms with Gasteiger partial charge in [-0.3, -0.25) is 0 Å². The maximum atomic E-state index is 6.56. The first kappa shape index (κ1) is 10.7. The molecule has 0 aromatic rings. The Kier molecular flexibility index (Phi) is 2.55. The van der Waals surface area contributed by atoms with Gasteiger partial charge in [-0.15, -0.1) is 0 Å². The van der Waals surface area contributed by atoms with Crippen LogP contribution >= 0.6 is 0 Å². The molecule has 0 aliphatic heterocycles. The molecule has 82 valence electrons. The lowest BCUT2D eigenvalue weighted by Gasteiger charge is -2.40. The fourth-order valence-corrected chi connectivity index (χ4v) is 5.22. The minimum Gasteiger partial charge on any atom is -0.412 e. The van der Waals surface area contributed by atoms with E-state index in [4.69, 9.17) is 4.43 Å². The summed E-state index contributed by atoms with van der Waals surface area (Å²) in [4.78, 5) is 0. The molecule has 2 aliphatic rings. The highest BCUT2D eigenvalue weighted by Gasteiger charge is 2.53. The van der Waals surface area contributed by atoms with E-state index in [1.165, 1.54) is 32.1 Å². The molecule has 2 fully saturated rings. The Balaban J connectivity index is 2.18. The standard InChI is InChI=1S/C12H24OSi/c1-10-7-8-11-6-5-9-12(10,11)13-14(2,3)4/h10-11H,5-9H2,1-4H3/t10-,11+,12+/m1/s1. The Hall–Kier alpha value is 0.177. The average Bonchev–Trinajstić information content (AvgIpc) is 2.51. The first-order valence-corrected chi connectivity index (χ1v) is 9.55. The zero-order valence-corrected chi connectivity index (χ0v) is 11.1. The Morgan fingerprint density at radius 1 is 1.14 bits per heavy atom. The number of rotatable bonds is 2. The molecule has 2 saturated carbocycles. The third kappa shape index (κ3) is 1.67. The van der Waals surface area contributed by atoms with Crippen LogP contribution in [0.3, 0.4) is 0 Å². The second kappa shape index (κ2) is 3.34. The predicted octanol–water partition coefficient (Wildman–Crippen LogP) is 3.81. The molecule has 2 aliphatic carbocycles. The molecule has 0 saturated heterocycles. The molecule has 0 amide bonds. The van der Waals surface area contributed by atoms with Crippen molar-refractivity contribution < 1.29 is 4.43 Å². The van der Waals surface area contributed by atoms with Gasteiger partial charge < -0.3 is 4.43 Å². The average molecular weight is 212 g/mol. The van der Waals surface area contributed by atoms with Gasteiger partial charge in [0.05, 0.1) is 5.60 Å². The summed E-state index contributed by atoms with van der Waals surface area (Å²) in [7, 11) is -1.36. The van der Waals surface area contributed by atoms with Crippen molar-refractivity contribution in [3.63, 3.8) is 0 Å². The number of hydrogen-bond acceptors (Lipinski definition) is 1. The molecular weight excluding hydrogens is 188 g/mol. The monoisotopic (exact) mass is 212 g/mol. The van der Waals surface area contributed by atoms with Gasteiger partial charge in [0.25, 0.3) is 0 Å². The van der Waals surface area contributed by atoms with E-state index < -0.39 is 8.32 Å². The van der Waals surface area contributed by atoms with Crippen LogP contribution in [-0.2, 0) is 4.43 Å². The Bertz CT molecular complexity index is 221. The Morgan fingerprint density at radius 3 is 2.50 bits per heavy atom. The van der Waals surface area contributed by atoms with E-state index in [0.29, 0.717) is 5.60 Å². The maximum absolute atomic E-state index is 6.56. The lowest BCUT2D eigenvalue weighted by molar-refractivity contribution is 0.00689. The summed E-state index contributed by atoms with van der Waals surface area (Å²) in [6.45, 7) is 9.41. The Morgan fingerprint density at radius 2 is 1.86 bits per heavy atom. The van der Waals surface area contributed by atoms with Crippen LogP contribution in [0.15, 0.2) is 0 Å². The van der Waals surface area contributed by atoms with Gasteiger partial charge in [0, 0.05) is 0 Å². The van der Waals surface area contributed by atoms with Crippen molar-refractivity contribution in [3.8, 4) is 0 Å². The molecule has 14 heavy (non-hydrogen) atoms. The molecule has 0 aromatic heterocycles. The fraction of sp³-hybridized carbons (Fsp3) is 1.00. The summed E-state index contributed by atoms with van der Waals surface area (Å²) in [5.74, 6) is 1.70. The van der Waals surface area contributed by atoms with Crippen molar-refractivity contribution in [2.75, 3.05) is 0 Å². The van der Waals surface area contributed by atoms with Crippen LogP contribution < -0.4 is 0 Å². The number of fused-ring (bicyclic) bond motifs is 1. The van der Waals surface area contributed by atoms with Crippen molar-refractivity contribution in [3.05, 3.63) is 0 Å². The highest BCUT2D eigenvalue weighted by Crippen LogP contribution is 2.54. The van der Waals surface area contributed by atoms with E-state index in [0.717, 1.165) is 11.8 Å². The summed E-state index contributed by atoms with van der Waals surface area (Å²) < 4.78 is 6.56. The zero-order chi connectivity index (χ0) is 10.4. The van der Waals surface area contributed by atoms with Crippen LogP contribution in [0.1, 0.15) is 39.0 Å². The van der Waals surface area contributed by atoms with E-state index in [9.17, 15) is 0 Å². The quantitative estimate of drug-likeness (QED) is 0.633. The molecule has 0 aromatic carbocycles. The molecule has 3 atom stereocenters. The third-order valence-corrected chi connectivity index (χ3v) is 5.08. The van der Waals surface area contributed by atoms with Crippen molar-refractivity contribution in [1.82, 2.24) is 0 Å². The van der Waals surface area contributed by atoms with Crippen molar-refractivity contribution in [2.24, 2.45) is 11.8 Å². The first-order chi connectivity index (χ1) is 6.44. The van der Waals surface area contributed by atoms with Crippen LogP contribution in [0.2, 0.25) is 19.6 Å². The molecular formula is C12H24OSi. The van der Waals surface area contributed by atoms with Gasteiger partial charge in [0.1, 0.15) is 0 Å². The largest absolute Gasteiger partial charge is 0.412 e. The van der Waals surface area contributed by atoms with Gasteiger partial charge in [-0.2, -0.15) is 0 Å². The zero-order valence-electron chi connectivity index (χ0n) is 10.1. The fourth-order valence-electron chi connectivity index (χ4n) is 3.61. The van der Waals surface area contributed by atoms with Gasteiger partial charge in [-0.25, -0.2) is 0 Å². The van der Waals surface area contributed by atoms with Crippen LogP contribution in [0, 0.1) is 11.8 Å². The topological polar surface area (TPSA) is 9.23 Å². The van der Waals surface area contributed by atoms with E-state index in [1.807, 2.05) is 0 Å². The van der Waals surface area contributed by atoms with Crippen LogP contribution in [0.25, 0.3) is 0 Å². The molecule has 2 heteroatoms. The van der Waals surface area contributed by atoms with Gasteiger partial charge in [0.2, 0.25) is 0 Å². The third-order valence-electron chi connectivity index (χ3n) is 4.09. The SMILES string of the molecule is C[C@@H]1CC[C@@H]2CCC[C@@]21O[Si](C)(C)C. The summed E-state index contributed by atoms with van der Waals surface area (Å²) in [6, 6.07) is 0.